The first-order chi connectivity index (χ1) is 11.7. The van der Waals surface area contributed by atoms with Crippen molar-refractivity contribution in [2.24, 2.45) is 0 Å². The number of ether oxygens (including phenoxy) is 2. The molecular formula is C15H11BrCl2F3NO3. The Bertz CT molecular complexity index is 736. The molecule has 0 aliphatic rings. The SMILES string of the molecule is Oc1cc(Cl)c(OCCCOc2ncc(C(F)(F)F)cc2Br)c(Cl)c1. The van der Waals surface area contributed by atoms with E-state index in [9.17, 15) is 18.3 Å². The van der Waals surface area contributed by atoms with Crippen LogP contribution in [0.3, 0.4) is 0 Å². The lowest BCUT2D eigenvalue weighted by atomic mass is 10.3. The van der Waals surface area contributed by atoms with Crippen molar-refractivity contribution in [1.29, 1.82) is 0 Å². The van der Waals surface area contributed by atoms with Crippen molar-refractivity contribution in [3.8, 4) is 17.4 Å². The zero-order chi connectivity index (χ0) is 18.6. The Morgan fingerprint density at radius 1 is 1.08 bits per heavy atom. The van der Waals surface area contributed by atoms with Crippen LogP contribution >= 0.6 is 39.1 Å². The van der Waals surface area contributed by atoms with Gasteiger partial charge in [-0.05, 0) is 22.0 Å². The minimum absolute atomic E-state index is 0.0497. The number of pyridine rings is 1. The molecule has 0 saturated heterocycles. The molecule has 1 N–H and O–H groups in total. The van der Waals surface area contributed by atoms with E-state index in [0.717, 1.165) is 6.07 Å². The van der Waals surface area contributed by atoms with E-state index in [2.05, 4.69) is 20.9 Å². The predicted molar refractivity (Wildman–Crippen MR) is 90.7 cm³/mol. The third-order valence-electron chi connectivity index (χ3n) is 2.89. The summed E-state index contributed by atoms with van der Waals surface area (Å²) in [7, 11) is 0. The van der Waals surface area contributed by atoms with Crippen molar-refractivity contribution in [1.82, 2.24) is 4.98 Å². The maximum Gasteiger partial charge on any atom is 0.417 e. The van der Waals surface area contributed by atoms with Crippen LogP contribution in [0.2, 0.25) is 10.0 Å². The van der Waals surface area contributed by atoms with Crippen LogP contribution in [0, 0.1) is 0 Å². The summed E-state index contributed by atoms with van der Waals surface area (Å²) < 4.78 is 48.5. The number of phenols is 1. The highest BCUT2D eigenvalue weighted by Gasteiger charge is 2.31. The lowest BCUT2D eigenvalue weighted by Gasteiger charge is -2.12. The van der Waals surface area contributed by atoms with Gasteiger partial charge in [-0.3, -0.25) is 0 Å². The largest absolute Gasteiger partial charge is 0.508 e. The molecule has 0 radical (unpaired) electrons. The second-order valence-electron chi connectivity index (χ2n) is 4.80. The fraction of sp³-hybridized carbons (Fsp3) is 0.267. The standard InChI is InChI=1S/C15H11BrCl2F3NO3/c16-10-4-8(15(19,20)21)7-22-14(10)25-3-1-2-24-13-11(17)5-9(23)6-12(13)18/h4-7,23H,1-3H2. The first-order valence-corrected chi connectivity index (χ1v) is 8.39. The average molecular weight is 461 g/mol. The molecule has 2 aromatic rings. The Labute approximate surface area is 159 Å². The lowest BCUT2D eigenvalue weighted by Crippen LogP contribution is -2.09. The second kappa shape index (κ2) is 8.33. The first kappa shape index (κ1) is 19.9. The number of nitrogens with zero attached hydrogens (tertiary/aromatic N) is 1. The van der Waals surface area contributed by atoms with Crippen molar-refractivity contribution < 1.29 is 27.8 Å². The molecule has 0 bridgehead atoms. The van der Waals surface area contributed by atoms with E-state index in [4.69, 9.17) is 32.7 Å². The molecule has 1 heterocycles. The molecular weight excluding hydrogens is 450 g/mol. The molecule has 0 amide bonds. The molecule has 0 fully saturated rings. The van der Waals surface area contributed by atoms with Gasteiger partial charge < -0.3 is 14.6 Å². The zero-order valence-electron chi connectivity index (χ0n) is 12.4. The number of phenolic OH excluding ortho intramolecular Hbond substituents is 1. The van der Waals surface area contributed by atoms with Crippen molar-refractivity contribution in [3.05, 3.63) is 44.5 Å². The Balaban J connectivity index is 1.84. The van der Waals surface area contributed by atoms with Crippen LogP contribution in [0.5, 0.6) is 17.4 Å². The molecule has 10 heteroatoms. The number of benzene rings is 1. The third kappa shape index (κ3) is 5.55. The van der Waals surface area contributed by atoms with Crippen molar-refractivity contribution in [3.63, 3.8) is 0 Å². The average Bonchev–Trinajstić information content (AvgIpc) is 2.49. The van der Waals surface area contributed by atoms with Gasteiger partial charge in [0, 0.05) is 24.8 Å². The lowest BCUT2D eigenvalue weighted by molar-refractivity contribution is -0.137. The summed E-state index contributed by atoms with van der Waals surface area (Å²) in [6.07, 6.45) is -3.36. The maximum absolute atomic E-state index is 12.5. The molecule has 136 valence electrons. The Hall–Kier alpha value is -1.38. The van der Waals surface area contributed by atoms with E-state index >= 15 is 0 Å². The van der Waals surface area contributed by atoms with E-state index in [1.165, 1.54) is 12.1 Å². The van der Waals surface area contributed by atoms with Gasteiger partial charge in [0.25, 0.3) is 0 Å². The van der Waals surface area contributed by atoms with Crippen LogP contribution in [-0.4, -0.2) is 23.3 Å². The Morgan fingerprint density at radius 2 is 1.68 bits per heavy atom. The normalized spacial score (nSPS) is 11.4. The van der Waals surface area contributed by atoms with Gasteiger partial charge in [0.05, 0.1) is 33.3 Å². The van der Waals surface area contributed by atoms with Crippen molar-refractivity contribution in [2.45, 2.75) is 12.6 Å². The van der Waals surface area contributed by atoms with Gasteiger partial charge in [-0.1, -0.05) is 23.2 Å². The summed E-state index contributed by atoms with van der Waals surface area (Å²) in [4.78, 5) is 3.64. The molecule has 0 spiro atoms. The molecule has 0 aliphatic heterocycles. The summed E-state index contributed by atoms with van der Waals surface area (Å²) in [5, 5.41) is 9.65. The number of aromatic nitrogens is 1. The number of halogens is 6. The van der Waals surface area contributed by atoms with Gasteiger partial charge in [0.2, 0.25) is 5.88 Å². The second-order valence-corrected chi connectivity index (χ2v) is 6.47. The highest BCUT2D eigenvalue weighted by Crippen LogP contribution is 2.36. The monoisotopic (exact) mass is 459 g/mol. The smallest absolute Gasteiger partial charge is 0.417 e. The summed E-state index contributed by atoms with van der Waals surface area (Å²) in [6, 6.07) is 3.49. The van der Waals surface area contributed by atoms with Crippen LogP contribution in [-0.2, 0) is 6.18 Å². The van der Waals surface area contributed by atoms with Crippen LogP contribution in [0.1, 0.15) is 12.0 Å². The molecule has 0 unspecified atom stereocenters. The highest BCUT2D eigenvalue weighted by molar-refractivity contribution is 9.10. The van der Waals surface area contributed by atoms with Gasteiger partial charge in [-0.2, -0.15) is 13.2 Å². The summed E-state index contributed by atoms with van der Waals surface area (Å²) >= 11 is 14.8. The number of alkyl halides is 3. The minimum Gasteiger partial charge on any atom is -0.508 e. The molecule has 2 rings (SSSR count). The van der Waals surface area contributed by atoms with Gasteiger partial charge in [-0.25, -0.2) is 4.98 Å². The van der Waals surface area contributed by atoms with Crippen LogP contribution in [0.4, 0.5) is 13.2 Å². The molecule has 25 heavy (non-hydrogen) atoms. The van der Waals surface area contributed by atoms with E-state index in [1.54, 1.807) is 0 Å². The Kier molecular flexibility index (Phi) is 6.65. The zero-order valence-corrected chi connectivity index (χ0v) is 15.5. The Morgan fingerprint density at radius 3 is 2.24 bits per heavy atom. The number of hydrogen-bond donors (Lipinski definition) is 1. The molecule has 4 nitrogen and oxygen atoms in total. The van der Waals surface area contributed by atoms with E-state index in [1.807, 2.05) is 0 Å². The number of aromatic hydroxyl groups is 1. The topological polar surface area (TPSA) is 51.6 Å². The fourth-order valence-electron chi connectivity index (χ4n) is 1.77. The van der Waals surface area contributed by atoms with E-state index in [-0.39, 0.29) is 45.1 Å². The van der Waals surface area contributed by atoms with Crippen LogP contribution in [0.25, 0.3) is 0 Å². The molecule has 1 aromatic heterocycles. The summed E-state index contributed by atoms with van der Waals surface area (Å²) in [5.74, 6) is 0.201. The molecule has 1 aromatic carbocycles. The van der Waals surface area contributed by atoms with E-state index in [0.29, 0.717) is 12.6 Å². The quantitative estimate of drug-likeness (QED) is 0.560. The van der Waals surface area contributed by atoms with Gasteiger partial charge >= 0.3 is 6.18 Å². The van der Waals surface area contributed by atoms with Crippen molar-refractivity contribution >= 4 is 39.1 Å². The first-order valence-electron chi connectivity index (χ1n) is 6.85. The molecule has 0 aliphatic carbocycles. The van der Waals surface area contributed by atoms with E-state index < -0.39 is 11.7 Å². The fourth-order valence-corrected chi connectivity index (χ4v) is 2.82. The van der Waals surface area contributed by atoms with Gasteiger partial charge in [0.15, 0.2) is 5.75 Å². The van der Waals surface area contributed by atoms with Crippen LogP contribution in [0.15, 0.2) is 28.9 Å². The molecule has 0 atom stereocenters. The number of rotatable bonds is 6. The minimum atomic E-state index is -4.47. The molecule has 0 saturated carbocycles. The third-order valence-corrected chi connectivity index (χ3v) is 4.02. The summed E-state index contributed by atoms with van der Waals surface area (Å²) in [6.45, 7) is 0.354. The maximum atomic E-state index is 12.5. The van der Waals surface area contributed by atoms with Gasteiger partial charge in [0.1, 0.15) is 5.75 Å². The number of hydrogen-bond acceptors (Lipinski definition) is 4. The van der Waals surface area contributed by atoms with Gasteiger partial charge in [-0.15, -0.1) is 0 Å². The van der Waals surface area contributed by atoms with Crippen LogP contribution < -0.4 is 9.47 Å². The summed E-state index contributed by atoms with van der Waals surface area (Å²) in [5.41, 5.74) is -0.869. The predicted octanol–water partition coefficient (Wildman–Crippen LogP) is 5.72. The highest BCUT2D eigenvalue weighted by atomic mass is 79.9. The van der Waals surface area contributed by atoms with Crippen molar-refractivity contribution in [2.75, 3.05) is 13.2 Å².